The van der Waals surface area contributed by atoms with Crippen LogP contribution >= 0.6 is 0 Å². The summed E-state index contributed by atoms with van der Waals surface area (Å²) in [7, 11) is 0. The minimum atomic E-state index is -0.915. The van der Waals surface area contributed by atoms with Crippen molar-refractivity contribution in [1.29, 1.82) is 0 Å². The summed E-state index contributed by atoms with van der Waals surface area (Å²) in [6.45, 7) is 6.58. The van der Waals surface area contributed by atoms with E-state index in [4.69, 9.17) is 5.11 Å². The smallest absolute Gasteiger partial charge is 0.407 e. The summed E-state index contributed by atoms with van der Waals surface area (Å²) in [6, 6.07) is 0. The van der Waals surface area contributed by atoms with Crippen LogP contribution in [0.5, 0.6) is 0 Å². The molecule has 0 aromatic carbocycles. The molecule has 1 aliphatic heterocycles. The van der Waals surface area contributed by atoms with Gasteiger partial charge in [0.2, 0.25) is 0 Å². The number of hydrogen-bond acceptors (Lipinski definition) is 2. The highest BCUT2D eigenvalue weighted by Gasteiger charge is 2.33. The van der Waals surface area contributed by atoms with Gasteiger partial charge in [-0.15, -0.1) is 0 Å². The molecule has 1 atom stereocenters. The third kappa shape index (κ3) is 2.94. The minimum absolute atomic E-state index is 0.116. The molecule has 0 aliphatic carbocycles. The lowest BCUT2D eigenvalue weighted by Crippen LogP contribution is -2.44. The fraction of sp³-hybridized carbons (Fsp3) is 0.818. The maximum Gasteiger partial charge on any atom is 0.407 e. The van der Waals surface area contributed by atoms with E-state index in [1.807, 2.05) is 20.8 Å². The molecular formula is C11H19NO3. The van der Waals surface area contributed by atoms with Crippen LogP contribution in [0.1, 0.15) is 33.6 Å². The molecule has 4 heteroatoms. The van der Waals surface area contributed by atoms with Crippen molar-refractivity contribution in [3.05, 3.63) is 0 Å². The minimum Gasteiger partial charge on any atom is -0.465 e. The number of carbonyl (C=O) groups is 2. The Morgan fingerprint density at radius 1 is 1.33 bits per heavy atom. The Balaban J connectivity index is 2.64. The van der Waals surface area contributed by atoms with Gasteiger partial charge in [-0.3, -0.25) is 4.79 Å². The van der Waals surface area contributed by atoms with Gasteiger partial charge in [-0.05, 0) is 12.8 Å². The van der Waals surface area contributed by atoms with Crippen molar-refractivity contribution in [2.45, 2.75) is 33.6 Å². The van der Waals surface area contributed by atoms with Crippen molar-refractivity contribution < 1.29 is 14.7 Å². The van der Waals surface area contributed by atoms with E-state index >= 15 is 0 Å². The molecule has 1 N–H and O–H groups in total. The number of carbonyl (C=O) groups excluding carboxylic acids is 1. The Morgan fingerprint density at radius 3 is 2.40 bits per heavy atom. The van der Waals surface area contributed by atoms with E-state index < -0.39 is 6.09 Å². The molecule has 0 aromatic rings. The van der Waals surface area contributed by atoms with Crippen LogP contribution in [0, 0.1) is 11.3 Å². The largest absolute Gasteiger partial charge is 0.465 e. The zero-order valence-corrected chi connectivity index (χ0v) is 9.62. The molecule has 0 bridgehead atoms. The van der Waals surface area contributed by atoms with Crippen LogP contribution in [0.15, 0.2) is 0 Å². The molecule has 0 aromatic heterocycles. The summed E-state index contributed by atoms with van der Waals surface area (Å²) in [4.78, 5) is 24.1. The summed E-state index contributed by atoms with van der Waals surface area (Å²) in [5.41, 5.74) is -0.369. The fourth-order valence-corrected chi connectivity index (χ4v) is 1.98. The highest BCUT2D eigenvalue weighted by Crippen LogP contribution is 2.26. The predicted octanol–water partition coefficient (Wildman–Crippen LogP) is 1.99. The monoisotopic (exact) mass is 213 g/mol. The molecule has 86 valence electrons. The van der Waals surface area contributed by atoms with Crippen LogP contribution in [0.2, 0.25) is 0 Å². The Bertz CT molecular complexity index is 267. The standard InChI is InChI=1S/C11H19NO3/c1-11(2,3)9(13)8-5-4-6-12(7-8)10(14)15/h8H,4-7H2,1-3H3,(H,14,15)/t8-/m1/s1. The Labute approximate surface area is 90.3 Å². The molecule has 1 aliphatic rings. The summed E-state index contributed by atoms with van der Waals surface area (Å²) in [6.07, 6.45) is 0.694. The maximum atomic E-state index is 12.0. The van der Waals surface area contributed by atoms with Gasteiger partial charge in [0.25, 0.3) is 0 Å². The second-order valence-corrected chi connectivity index (χ2v) is 5.18. The Kier molecular flexibility index (Phi) is 3.37. The van der Waals surface area contributed by atoms with E-state index in [0.717, 1.165) is 12.8 Å². The molecule has 0 radical (unpaired) electrons. The first kappa shape index (κ1) is 12.0. The van der Waals surface area contributed by atoms with Gasteiger partial charge in [0.1, 0.15) is 5.78 Å². The summed E-state index contributed by atoms with van der Waals surface area (Å²) in [5, 5.41) is 8.86. The average Bonchev–Trinajstić information content (AvgIpc) is 2.15. The number of likely N-dealkylation sites (tertiary alicyclic amines) is 1. The lowest BCUT2D eigenvalue weighted by molar-refractivity contribution is -0.131. The molecule has 1 amide bonds. The van der Waals surface area contributed by atoms with Crippen LogP contribution in [0.3, 0.4) is 0 Å². The molecule has 0 saturated carbocycles. The van der Waals surface area contributed by atoms with Crippen molar-refractivity contribution in [1.82, 2.24) is 4.90 Å². The van der Waals surface area contributed by atoms with Crippen molar-refractivity contribution in [2.75, 3.05) is 13.1 Å². The highest BCUT2D eigenvalue weighted by atomic mass is 16.4. The van der Waals surface area contributed by atoms with Crippen LogP contribution in [0.25, 0.3) is 0 Å². The van der Waals surface area contributed by atoms with Crippen LogP contribution in [-0.2, 0) is 4.79 Å². The van der Waals surface area contributed by atoms with E-state index in [2.05, 4.69) is 0 Å². The van der Waals surface area contributed by atoms with E-state index in [9.17, 15) is 9.59 Å². The number of nitrogens with zero attached hydrogens (tertiary/aromatic N) is 1. The molecular weight excluding hydrogens is 194 g/mol. The van der Waals surface area contributed by atoms with Gasteiger partial charge in [0, 0.05) is 24.4 Å². The predicted molar refractivity (Wildman–Crippen MR) is 56.8 cm³/mol. The topological polar surface area (TPSA) is 57.6 Å². The Hall–Kier alpha value is -1.06. The van der Waals surface area contributed by atoms with E-state index in [-0.39, 0.29) is 17.1 Å². The zero-order chi connectivity index (χ0) is 11.6. The van der Waals surface area contributed by atoms with Gasteiger partial charge in [0.05, 0.1) is 0 Å². The van der Waals surface area contributed by atoms with Crippen LogP contribution < -0.4 is 0 Å². The van der Waals surface area contributed by atoms with Crippen molar-refractivity contribution in [3.8, 4) is 0 Å². The number of carboxylic acid groups (broad SMARTS) is 1. The SMILES string of the molecule is CC(C)(C)C(=O)[C@@H]1CCCN(C(=O)O)C1. The Morgan fingerprint density at radius 2 is 1.93 bits per heavy atom. The van der Waals surface area contributed by atoms with Crippen LogP contribution in [-0.4, -0.2) is 35.0 Å². The maximum absolute atomic E-state index is 12.0. The van der Waals surface area contributed by atoms with Crippen molar-refractivity contribution in [2.24, 2.45) is 11.3 Å². The normalized spacial score (nSPS) is 22.6. The molecule has 1 fully saturated rings. The summed E-state index contributed by atoms with van der Waals surface area (Å²) >= 11 is 0. The highest BCUT2D eigenvalue weighted by molar-refractivity contribution is 5.86. The third-order valence-corrected chi connectivity index (χ3v) is 2.80. The van der Waals surface area contributed by atoms with Gasteiger partial charge >= 0.3 is 6.09 Å². The lowest BCUT2D eigenvalue weighted by Gasteiger charge is -2.33. The number of Topliss-reactive ketones (excluding diaryl/α,β-unsaturated/α-hetero) is 1. The summed E-state index contributed by atoms with van der Waals surface area (Å²) in [5.74, 6) is 0.0586. The van der Waals surface area contributed by atoms with E-state index in [0.29, 0.717) is 13.1 Å². The molecule has 1 heterocycles. The number of amides is 1. The van der Waals surface area contributed by atoms with E-state index in [1.165, 1.54) is 4.90 Å². The quantitative estimate of drug-likeness (QED) is 0.724. The number of rotatable bonds is 1. The fourth-order valence-electron chi connectivity index (χ4n) is 1.98. The second kappa shape index (κ2) is 4.21. The molecule has 1 rings (SSSR count). The van der Waals surface area contributed by atoms with Crippen molar-refractivity contribution >= 4 is 11.9 Å². The second-order valence-electron chi connectivity index (χ2n) is 5.18. The lowest BCUT2D eigenvalue weighted by atomic mass is 9.80. The third-order valence-electron chi connectivity index (χ3n) is 2.80. The van der Waals surface area contributed by atoms with Gasteiger partial charge in [-0.1, -0.05) is 20.8 Å². The first-order valence-electron chi connectivity index (χ1n) is 5.34. The number of hydrogen-bond donors (Lipinski definition) is 1. The number of ketones is 1. The van der Waals surface area contributed by atoms with Gasteiger partial charge in [-0.25, -0.2) is 4.79 Å². The van der Waals surface area contributed by atoms with Gasteiger partial charge in [-0.2, -0.15) is 0 Å². The summed E-state index contributed by atoms with van der Waals surface area (Å²) < 4.78 is 0. The molecule has 1 saturated heterocycles. The first-order valence-corrected chi connectivity index (χ1v) is 5.34. The molecule has 0 spiro atoms. The van der Waals surface area contributed by atoms with Gasteiger partial charge < -0.3 is 10.0 Å². The molecule has 15 heavy (non-hydrogen) atoms. The van der Waals surface area contributed by atoms with Crippen molar-refractivity contribution in [3.63, 3.8) is 0 Å². The van der Waals surface area contributed by atoms with E-state index in [1.54, 1.807) is 0 Å². The average molecular weight is 213 g/mol. The molecule has 4 nitrogen and oxygen atoms in total. The van der Waals surface area contributed by atoms with Gasteiger partial charge in [0.15, 0.2) is 0 Å². The zero-order valence-electron chi connectivity index (χ0n) is 9.62. The number of piperidine rings is 1. The molecule has 0 unspecified atom stereocenters. The first-order chi connectivity index (χ1) is 6.82. The van der Waals surface area contributed by atoms with Crippen LogP contribution in [0.4, 0.5) is 4.79 Å².